The molecule has 0 aliphatic rings. The Kier molecular flexibility index (Phi) is 2.65. The van der Waals surface area contributed by atoms with Gasteiger partial charge < -0.3 is 10.1 Å². The number of aryl methyl sites for hydroxylation is 1. The molecule has 0 amide bonds. The van der Waals surface area contributed by atoms with Crippen molar-refractivity contribution in [1.29, 1.82) is 0 Å². The van der Waals surface area contributed by atoms with Crippen LogP contribution in [0.15, 0.2) is 6.20 Å². The van der Waals surface area contributed by atoms with Crippen LogP contribution in [-0.4, -0.2) is 14.5 Å². The average Bonchev–Trinajstić information content (AvgIpc) is 2.43. The number of rotatable bonds is 3. The van der Waals surface area contributed by atoms with Gasteiger partial charge in [0, 0.05) is 13.3 Å². The number of aromatic nitrogens is 2. The Morgan fingerprint density at radius 1 is 1.85 bits per heavy atom. The van der Waals surface area contributed by atoms with Gasteiger partial charge in [-0.25, -0.2) is 9.55 Å². The molecular weight excluding hydrogens is 170 g/mol. The molecule has 1 heterocycles. The van der Waals surface area contributed by atoms with Crippen molar-refractivity contribution in [3.05, 3.63) is 22.1 Å². The SMILES string of the molecule is C#CCCn1c([N+](=O)[O-])cnc1C. The monoisotopic (exact) mass is 179 g/mol. The van der Waals surface area contributed by atoms with Crippen LogP contribution in [0.25, 0.3) is 0 Å². The van der Waals surface area contributed by atoms with E-state index in [1.807, 2.05) is 0 Å². The Labute approximate surface area is 75.5 Å². The lowest BCUT2D eigenvalue weighted by atomic mass is 10.4. The fourth-order valence-electron chi connectivity index (χ4n) is 1.05. The third kappa shape index (κ3) is 1.85. The summed E-state index contributed by atoms with van der Waals surface area (Å²) < 4.78 is 1.50. The summed E-state index contributed by atoms with van der Waals surface area (Å²) in [7, 11) is 0. The molecule has 0 atom stereocenters. The van der Waals surface area contributed by atoms with Crippen molar-refractivity contribution in [2.75, 3.05) is 0 Å². The quantitative estimate of drug-likeness (QED) is 0.397. The van der Waals surface area contributed by atoms with Gasteiger partial charge >= 0.3 is 5.82 Å². The molecule has 0 spiro atoms. The highest BCUT2D eigenvalue weighted by Crippen LogP contribution is 2.13. The number of terminal acetylenes is 1. The summed E-state index contributed by atoms with van der Waals surface area (Å²) >= 11 is 0. The molecule has 1 rings (SSSR count). The zero-order valence-corrected chi connectivity index (χ0v) is 7.23. The lowest BCUT2D eigenvalue weighted by Crippen LogP contribution is -2.04. The van der Waals surface area contributed by atoms with Gasteiger partial charge in [-0.3, -0.25) is 0 Å². The number of imidazole rings is 1. The lowest BCUT2D eigenvalue weighted by molar-refractivity contribution is -0.392. The average molecular weight is 179 g/mol. The fourth-order valence-corrected chi connectivity index (χ4v) is 1.05. The Morgan fingerprint density at radius 3 is 3.08 bits per heavy atom. The van der Waals surface area contributed by atoms with Crippen LogP contribution in [0.2, 0.25) is 0 Å². The van der Waals surface area contributed by atoms with Gasteiger partial charge in [-0.1, -0.05) is 0 Å². The number of hydrogen-bond donors (Lipinski definition) is 0. The first-order chi connectivity index (χ1) is 6.16. The van der Waals surface area contributed by atoms with E-state index in [4.69, 9.17) is 6.42 Å². The predicted octanol–water partition coefficient (Wildman–Crippen LogP) is 1.12. The van der Waals surface area contributed by atoms with Crippen LogP contribution >= 0.6 is 0 Å². The molecule has 5 nitrogen and oxygen atoms in total. The van der Waals surface area contributed by atoms with Gasteiger partial charge in [-0.15, -0.1) is 12.3 Å². The molecule has 0 saturated heterocycles. The van der Waals surface area contributed by atoms with Crippen LogP contribution in [0.1, 0.15) is 12.2 Å². The van der Waals surface area contributed by atoms with Crippen LogP contribution in [0.5, 0.6) is 0 Å². The predicted molar refractivity (Wildman–Crippen MR) is 47.1 cm³/mol. The topological polar surface area (TPSA) is 61.0 Å². The van der Waals surface area contributed by atoms with Gasteiger partial charge in [0.2, 0.25) is 0 Å². The standard InChI is InChI=1S/C8H9N3O2/c1-3-4-5-10-7(2)9-6-8(10)11(12)13/h1,6H,4-5H2,2H3. The van der Waals surface area contributed by atoms with Crippen LogP contribution in [0.4, 0.5) is 5.82 Å². The summed E-state index contributed by atoms with van der Waals surface area (Å²) in [4.78, 5) is 13.9. The molecule has 0 fully saturated rings. The number of nitro groups is 1. The first kappa shape index (κ1) is 9.26. The molecule has 1 aromatic rings. The van der Waals surface area contributed by atoms with Gasteiger partial charge in [-0.2, -0.15) is 0 Å². The van der Waals surface area contributed by atoms with Crippen molar-refractivity contribution in [2.24, 2.45) is 0 Å². The Morgan fingerprint density at radius 2 is 2.54 bits per heavy atom. The summed E-state index contributed by atoms with van der Waals surface area (Å²) in [5.41, 5.74) is 0. The second-order valence-corrected chi connectivity index (χ2v) is 2.53. The molecule has 0 aromatic carbocycles. The molecule has 5 heteroatoms. The molecule has 0 saturated carbocycles. The molecule has 0 bridgehead atoms. The molecule has 0 radical (unpaired) electrons. The van der Waals surface area contributed by atoms with Crippen molar-refractivity contribution in [1.82, 2.24) is 9.55 Å². The van der Waals surface area contributed by atoms with Crippen LogP contribution in [-0.2, 0) is 6.54 Å². The molecule has 0 aliphatic heterocycles. The molecular formula is C8H9N3O2. The minimum absolute atomic E-state index is 0.00671. The van der Waals surface area contributed by atoms with E-state index in [1.54, 1.807) is 6.92 Å². The number of nitrogens with zero attached hydrogens (tertiary/aromatic N) is 3. The second-order valence-electron chi connectivity index (χ2n) is 2.53. The summed E-state index contributed by atoms with van der Waals surface area (Å²) in [6, 6.07) is 0. The van der Waals surface area contributed by atoms with Crippen molar-refractivity contribution < 1.29 is 4.92 Å². The molecule has 0 unspecified atom stereocenters. The van der Waals surface area contributed by atoms with E-state index in [9.17, 15) is 10.1 Å². The van der Waals surface area contributed by atoms with E-state index in [0.29, 0.717) is 18.8 Å². The maximum Gasteiger partial charge on any atom is 0.342 e. The van der Waals surface area contributed by atoms with E-state index in [2.05, 4.69) is 10.9 Å². The highest BCUT2D eigenvalue weighted by Gasteiger charge is 2.15. The van der Waals surface area contributed by atoms with E-state index >= 15 is 0 Å². The normalized spacial score (nSPS) is 9.54. The van der Waals surface area contributed by atoms with Crippen molar-refractivity contribution in [3.63, 3.8) is 0 Å². The summed E-state index contributed by atoms with van der Waals surface area (Å²) in [5.74, 6) is 3.03. The lowest BCUT2D eigenvalue weighted by Gasteiger charge is -1.98. The van der Waals surface area contributed by atoms with Gasteiger partial charge in [0.15, 0.2) is 5.82 Å². The zero-order valence-electron chi connectivity index (χ0n) is 7.23. The third-order valence-corrected chi connectivity index (χ3v) is 1.70. The molecule has 13 heavy (non-hydrogen) atoms. The zero-order chi connectivity index (χ0) is 9.84. The van der Waals surface area contributed by atoms with Crippen LogP contribution in [0, 0.1) is 29.4 Å². The summed E-state index contributed by atoms with van der Waals surface area (Å²) in [6.45, 7) is 2.15. The Hall–Kier alpha value is -1.83. The number of hydrogen-bond acceptors (Lipinski definition) is 3. The summed E-state index contributed by atoms with van der Waals surface area (Å²) in [6.07, 6.45) is 6.78. The molecule has 1 aromatic heterocycles. The molecule has 68 valence electrons. The third-order valence-electron chi connectivity index (χ3n) is 1.70. The second kappa shape index (κ2) is 3.72. The highest BCUT2D eigenvalue weighted by atomic mass is 16.6. The van der Waals surface area contributed by atoms with Crippen LogP contribution in [0.3, 0.4) is 0 Å². The highest BCUT2D eigenvalue weighted by molar-refractivity contribution is 5.18. The van der Waals surface area contributed by atoms with Gasteiger partial charge in [0.05, 0.1) is 0 Å². The van der Waals surface area contributed by atoms with E-state index in [-0.39, 0.29) is 5.82 Å². The fraction of sp³-hybridized carbons (Fsp3) is 0.375. The molecule has 0 aliphatic carbocycles. The van der Waals surface area contributed by atoms with Gasteiger partial charge in [0.1, 0.15) is 12.7 Å². The summed E-state index contributed by atoms with van der Waals surface area (Å²) in [5, 5.41) is 10.5. The largest absolute Gasteiger partial charge is 0.358 e. The first-order valence-electron chi connectivity index (χ1n) is 3.76. The van der Waals surface area contributed by atoms with Gasteiger partial charge in [0.25, 0.3) is 0 Å². The van der Waals surface area contributed by atoms with E-state index in [1.165, 1.54) is 10.8 Å². The van der Waals surface area contributed by atoms with E-state index < -0.39 is 4.92 Å². The van der Waals surface area contributed by atoms with E-state index in [0.717, 1.165) is 0 Å². The maximum absolute atomic E-state index is 10.5. The van der Waals surface area contributed by atoms with Crippen molar-refractivity contribution in [2.45, 2.75) is 19.9 Å². The Bertz CT molecular complexity index is 362. The van der Waals surface area contributed by atoms with Crippen LogP contribution < -0.4 is 0 Å². The first-order valence-corrected chi connectivity index (χ1v) is 3.76. The minimum atomic E-state index is -0.462. The Balaban J connectivity index is 2.96. The van der Waals surface area contributed by atoms with Crippen molar-refractivity contribution >= 4 is 5.82 Å². The maximum atomic E-state index is 10.5. The smallest absolute Gasteiger partial charge is 0.342 e. The minimum Gasteiger partial charge on any atom is -0.358 e. The molecule has 0 N–H and O–H groups in total. The van der Waals surface area contributed by atoms with Crippen molar-refractivity contribution in [3.8, 4) is 12.3 Å². The van der Waals surface area contributed by atoms with Gasteiger partial charge in [-0.05, 0) is 4.92 Å².